The van der Waals surface area contributed by atoms with Crippen LogP contribution in [0.25, 0.3) is 0 Å². The zero-order chi connectivity index (χ0) is 12.4. The van der Waals surface area contributed by atoms with Crippen molar-refractivity contribution in [2.75, 3.05) is 0 Å². The van der Waals surface area contributed by atoms with Crippen LogP contribution in [0.15, 0.2) is 42.5 Å². The number of aromatic hydroxyl groups is 2. The summed E-state index contributed by atoms with van der Waals surface area (Å²) in [5.41, 5.74) is 1.57. The van der Waals surface area contributed by atoms with Crippen LogP contribution in [0, 0.1) is 6.92 Å². The van der Waals surface area contributed by atoms with Crippen LogP contribution in [-0.4, -0.2) is 16.0 Å². The summed E-state index contributed by atoms with van der Waals surface area (Å²) in [6.07, 6.45) is 0. The summed E-state index contributed by atoms with van der Waals surface area (Å²) in [6.45, 7) is 1.89. The fourth-order valence-electron chi connectivity index (χ4n) is 1.65. The molecule has 0 aliphatic heterocycles. The summed E-state index contributed by atoms with van der Waals surface area (Å²) < 4.78 is 0. The quantitative estimate of drug-likeness (QED) is 0.613. The zero-order valence-electron chi connectivity index (χ0n) is 9.34. The Morgan fingerprint density at radius 2 is 1.82 bits per heavy atom. The van der Waals surface area contributed by atoms with Gasteiger partial charge in [0.15, 0.2) is 5.78 Å². The molecule has 0 radical (unpaired) electrons. The molecule has 0 amide bonds. The van der Waals surface area contributed by atoms with Gasteiger partial charge in [-0.1, -0.05) is 23.8 Å². The van der Waals surface area contributed by atoms with Crippen LogP contribution >= 0.6 is 0 Å². The molecule has 3 nitrogen and oxygen atoms in total. The van der Waals surface area contributed by atoms with E-state index in [4.69, 9.17) is 0 Å². The summed E-state index contributed by atoms with van der Waals surface area (Å²) in [7, 11) is 0. The van der Waals surface area contributed by atoms with E-state index in [1.807, 2.05) is 13.0 Å². The predicted octanol–water partition coefficient (Wildman–Crippen LogP) is 2.64. The van der Waals surface area contributed by atoms with Crippen molar-refractivity contribution in [2.24, 2.45) is 0 Å². The first-order valence-corrected chi connectivity index (χ1v) is 5.21. The second-order valence-corrected chi connectivity index (χ2v) is 3.90. The number of hydrogen-bond donors (Lipinski definition) is 2. The molecular formula is C14H12O3. The van der Waals surface area contributed by atoms with E-state index in [0.717, 1.165) is 5.56 Å². The minimum Gasteiger partial charge on any atom is -0.508 e. The van der Waals surface area contributed by atoms with Gasteiger partial charge in [-0.3, -0.25) is 4.79 Å². The standard InChI is InChI=1S/C14H12O3/c1-9-3-2-4-10(7-9)14(17)12-8-11(15)5-6-13(12)16/h2-8,15-16H,1H3. The van der Waals surface area contributed by atoms with Gasteiger partial charge in [-0.25, -0.2) is 0 Å². The van der Waals surface area contributed by atoms with Crippen LogP contribution < -0.4 is 0 Å². The Hall–Kier alpha value is -2.29. The minimum atomic E-state index is -0.304. The Morgan fingerprint density at radius 1 is 1.06 bits per heavy atom. The van der Waals surface area contributed by atoms with Crippen LogP contribution in [0.5, 0.6) is 11.5 Å². The lowest BCUT2D eigenvalue weighted by Gasteiger charge is -2.05. The Kier molecular flexibility index (Phi) is 2.83. The smallest absolute Gasteiger partial charge is 0.196 e. The number of ketones is 1. The van der Waals surface area contributed by atoms with E-state index in [9.17, 15) is 15.0 Å². The molecule has 0 aromatic heterocycles. The van der Waals surface area contributed by atoms with E-state index in [2.05, 4.69) is 0 Å². The monoisotopic (exact) mass is 228 g/mol. The number of phenols is 2. The zero-order valence-corrected chi connectivity index (χ0v) is 9.34. The van der Waals surface area contributed by atoms with Crippen LogP contribution in [-0.2, 0) is 0 Å². The maximum Gasteiger partial charge on any atom is 0.196 e. The molecule has 0 heterocycles. The lowest BCUT2D eigenvalue weighted by Crippen LogP contribution is -2.01. The van der Waals surface area contributed by atoms with Gasteiger partial charge in [-0.2, -0.15) is 0 Å². The van der Waals surface area contributed by atoms with Crippen molar-refractivity contribution < 1.29 is 15.0 Å². The number of benzene rings is 2. The molecule has 0 aliphatic carbocycles. The van der Waals surface area contributed by atoms with E-state index < -0.39 is 0 Å². The lowest BCUT2D eigenvalue weighted by molar-refractivity contribution is 0.103. The average Bonchev–Trinajstić information content (AvgIpc) is 2.31. The molecule has 2 rings (SSSR count). The molecule has 0 unspecified atom stereocenters. The summed E-state index contributed by atoms with van der Waals surface area (Å²) in [5.74, 6) is -0.477. The van der Waals surface area contributed by atoms with Crippen molar-refractivity contribution in [1.29, 1.82) is 0 Å². The number of phenolic OH excluding ortho intramolecular Hbond substituents is 2. The molecule has 3 heteroatoms. The van der Waals surface area contributed by atoms with Gasteiger partial charge in [0, 0.05) is 5.56 Å². The van der Waals surface area contributed by atoms with Gasteiger partial charge in [-0.15, -0.1) is 0 Å². The second-order valence-electron chi connectivity index (χ2n) is 3.90. The number of carbonyl (C=O) groups excluding carboxylic acids is 1. The van der Waals surface area contributed by atoms with Gasteiger partial charge in [0.05, 0.1) is 5.56 Å². The first-order chi connectivity index (χ1) is 8.08. The fourth-order valence-corrected chi connectivity index (χ4v) is 1.65. The van der Waals surface area contributed by atoms with Gasteiger partial charge in [0.1, 0.15) is 11.5 Å². The molecule has 2 aromatic rings. The topological polar surface area (TPSA) is 57.5 Å². The van der Waals surface area contributed by atoms with Crippen molar-refractivity contribution in [3.63, 3.8) is 0 Å². The highest BCUT2D eigenvalue weighted by Crippen LogP contribution is 2.24. The maximum absolute atomic E-state index is 12.1. The summed E-state index contributed by atoms with van der Waals surface area (Å²) >= 11 is 0. The largest absolute Gasteiger partial charge is 0.508 e. The fraction of sp³-hybridized carbons (Fsp3) is 0.0714. The first kappa shape index (κ1) is 11.2. The minimum absolute atomic E-state index is 0.0428. The number of aryl methyl sites for hydroxylation is 1. The van der Waals surface area contributed by atoms with Crippen molar-refractivity contribution in [3.05, 3.63) is 59.2 Å². The van der Waals surface area contributed by atoms with Crippen molar-refractivity contribution in [3.8, 4) is 11.5 Å². The third-order valence-electron chi connectivity index (χ3n) is 2.51. The number of rotatable bonds is 2. The van der Waals surface area contributed by atoms with Gasteiger partial charge in [-0.05, 0) is 31.2 Å². The highest BCUT2D eigenvalue weighted by atomic mass is 16.3. The highest BCUT2D eigenvalue weighted by Gasteiger charge is 2.14. The van der Waals surface area contributed by atoms with Gasteiger partial charge in [0.25, 0.3) is 0 Å². The molecule has 2 aromatic carbocycles. The number of carbonyl (C=O) groups is 1. The summed E-state index contributed by atoms with van der Waals surface area (Å²) in [4.78, 5) is 12.1. The Balaban J connectivity index is 2.47. The molecule has 0 saturated carbocycles. The molecule has 0 fully saturated rings. The van der Waals surface area contributed by atoms with Crippen LogP contribution in [0.4, 0.5) is 0 Å². The van der Waals surface area contributed by atoms with Gasteiger partial charge in [0.2, 0.25) is 0 Å². The third-order valence-corrected chi connectivity index (χ3v) is 2.51. The van der Waals surface area contributed by atoms with Crippen LogP contribution in [0.1, 0.15) is 21.5 Å². The molecule has 17 heavy (non-hydrogen) atoms. The van der Waals surface area contributed by atoms with Crippen molar-refractivity contribution >= 4 is 5.78 Å². The van der Waals surface area contributed by atoms with E-state index in [-0.39, 0.29) is 22.8 Å². The normalized spacial score (nSPS) is 10.2. The molecular weight excluding hydrogens is 216 g/mol. The van der Waals surface area contributed by atoms with Crippen LogP contribution in [0.3, 0.4) is 0 Å². The van der Waals surface area contributed by atoms with Crippen molar-refractivity contribution in [2.45, 2.75) is 6.92 Å². The molecule has 0 aliphatic rings. The van der Waals surface area contributed by atoms with E-state index in [1.54, 1.807) is 18.2 Å². The van der Waals surface area contributed by atoms with Gasteiger partial charge < -0.3 is 10.2 Å². The Bertz CT molecular complexity index is 573. The van der Waals surface area contributed by atoms with E-state index >= 15 is 0 Å². The summed E-state index contributed by atoms with van der Waals surface area (Å²) in [6, 6.07) is 11.0. The van der Waals surface area contributed by atoms with E-state index in [1.165, 1.54) is 18.2 Å². The lowest BCUT2D eigenvalue weighted by atomic mass is 10.0. The molecule has 0 atom stereocenters. The molecule has 0 saturated heterocycles. The van der Waals surface area contributed by atoms with Crippen molar-refractivity contribution in [1.82, 2.24) is 0 Å². The molecule has 0 bridgehead atoms. The summed E-state index contributed by atoms with van der Waals surface area (Å²) in [5, 5.41) is 18.9. The molecule has 0 spiro atoms. The predicted molar refractivity (Wildman–Crippen MR) is 64.4 cm³/mol. The maximum atomic E-state index is 12.1. The number of hydrogen-bond acceptors (Lipinski definition) is 3. The van der Waals surface area contributed by atoms with E-state index in [0.29, 0.717) is 5.56 Å². The SMILES string of the molecule is Cc1cccc(C(=O)c2cc(O)ccc2O)c1. The first-order valence-electron chi connectivity index (χ1n) is 5.21. The Morgan fingerprint density at radius 3 is 2.53 bits per heavy atom. The highest BCUT2D eigenvalue weighted by molar-refractivity contribution is 6.10. The molecule has 86 valence electrons. The van der Waals surface area contributed by atoms with Gasteiger partial charge >= 0.3 is 0 Å². The average molecular weight is 228 g/mol. The second kappa shape index (κ2) is 4.29. The molecule has 2 N–H and O–H groups in total. The Labute approximate surface area is 99.0 Å². The third kappa shape index (κ3) is 2.28. The van der Waals surface area contributed by atoms with Crippen LogP contribution in [0.2, 0.25) is 0 Å².